The molecule has 6 heteroatoms. The molecule has 3 nitrogen and oxygen atoms in total. The third-order valence-electron chi connectivity index (χ3n) is 3.93. The molecule has 0 bridgehead atoms. The topological polar surface area (TPSA) is 27.1 Å². The summed E-state index contributed by atoms with van der Waals surface area (Å²) in [6.45, 7) is 2.50. The van der Waals surface area contributed by atoms with Crippen molar-refractivity contribution in [2.45, 2.75) is 32.9 Å². The van der Waals surface area contributed by atoms with E-state index in [2.05, 4.69) is 12.0 Å². The lowest BCUT2D eigenvalue weighted by atomic mass is 10.2. The van der Waals surface area contributed by atoms with Gasteiger partial charge in [0, 0.05) is 16.7 Å². The summed E-state index contributed by atoms with van der Waals surface area (Å²) in [5, 5.41) is 5.23. The van der Waals surface area contributed by atoms with Crippen molar-refractivity contribution in [2.75, 3.05) is 0 Å². The van der Waals surface area contributed by atoms with Gasteiger partial charge in [0.25, 0.3) is 0 Å². The Labute approximate surface area is 156 Å². The van der Waals surface area contributed by atoms with Crippen LogP contribution in [0.1, 0.15) is 30.2 Å². The van der Waals surface area contributed by atoms with Gasteiger partial charge in [-0.15, -0.1) is 0 Å². The lowest BCUT2D eigenvalue weighted by molar-refractivity contribution is 0.269. The fourth-order valence-corrected chi connectivity index (χ4v) is 2.75. The highest BCUT2D eigenvalue weighted by atomic mass is 35.5. The number of aryl methyl sites for hydroxylation is 1. The first-order chi connectivity index (χ1) is 12.5. The molecule has 0 saturated heterocycles. The Bertz CT molecular complexity index is 878. The molecule has 3 rings (SSSR count). The first kappa shape index (κ1) is 18.4. The van der Waals surface area contributed by atoms with Crippen LogP contribution in [0.4, 0.5) is 8.78 Å². The lowest BCUT2D eigenvalue weighted by Crippen LogP contribution is -2.07. The second kappa shape index (κ2) is 8.32. The predicted molar refractivity (Wildman–Crippen MR) is 97.5 cm³/mol. The molecule has 0 aliphatic rings. The van der Waals surface area contributed by atoms with Gasteiger partial charge in [-0.2, -0.15) is 5.10 Å². The fraction of sp³-hybridized carbons (Fsp3) is 0.250. The van der Waals surface area contributed by atoms with E-state index < -0.39 is 11.6 Å². The summed E-state index contributed by atoms with van der Waals surface area (Å²) in [6.07, 6.45) is 1.77. The van der Waals surface area contributed by atoms with Crippen LogP contribution >= 0.6 is 11.6 Å². The normalized spacial score (nSPS) is 10.9. The third-order valence-corrected chi connectivity index (χ3v) is 4.18. The number of hydrogen-bond acceptors (Lipinski definition) is 2. The summed E-state index contributed by atoms with van der Waals surface area (Å²) in [5.74, 6) is -0.470. The fourth-order valence-electron chi connectivity index (χ4n) is 2.63. The Morgan fingerprint density at radius 3 is 2.58 bits per heavy atom. The molecule has 0 atom stereocenters. The molecular formula is C20H19ClF2N2O. The Kier molecular flexibility index (Phi) is 5.89. The second-order valence-electron chi connectivity index (χ2n) is 6.03. The monoisotopic (exact) mass is 376 g/mol. The number of aromatic nitrogens is 2. The van der Waals surface area contributed by atoms with E-state index in [-0.39, 0.29) is 12.2 Å². The maximum Gasteiger partial charge on any atom is 0.212 e. The van der Waals surface area contributed by atoms with E-state index in [0.717, 1.165) is 42.3 Å². The van der Waals surface area contributed by atoms with Crippen molar-refractivity contribution in [2.24, 2.45) is 0 Å². The van der Waals surface area contributed by atoms with Gasteiger partial charge in [-0.05, 0) is 42.3 Å². The highest BCUT2D eigenvalue weighted by Gasteiger charge is 2.12. The van der Waals surface area contributed by atoms with Crippen LogP contribution in [0.2, 0.25) is 5.02 Å². The van der Waals surface area contributed by atoms with Crippen molar-refractivity contribution in [1.82, 2.24) is 9.78 Å². The zero-order chi connectivity index (χ0) is 18.5. The van der Waals surface area contributed by atoms with Crippen LogP contribution in [-0.4, -0.2) is 9.78 Å². The van der Waals surface area contributed by atoms with Crippen molar-refractivity contribution >= 4 is 11.6 Å². The van der Waals surface area contributed by atoms with E-state index in [1.165, 1.54) is 0 Å². The van der Waals surface area contributed by atoms with Gasteiger partial charge < -0.3 is 4.74 Å². The van der Waals surface area contributed by atoms with E-state index in [1.54, 1.807) is 4.68 Å². The largest absolute Gasteiger partial charge is 0.473 e. The van der Waals surface area contributed by atoms with E-state index >= 15 is 0 Å². The molecule has 0 radical (unpaired) electrons. The summed E-state index contributed by atoms with van der Waals surface area (Å²) in [7, 11) is 0. The second-order valence-corrected chi connectivity index (χ2v) is 6.47. The summed E-state index contributed by atoms with van der Waals surface area (Å²) >= 11 is 5.92. The number of ether oxygens (including phenoxy) is 1. The van der Waals surface area contributed by atoms with Crippen molar-refractivity contribution < 1.29 is 13.5 Å². The van der Waals surface area contributed by atoms with Gasteiger partial charge in [-0.1, -0.05) is 37.1 Å². The molecule has 136 valence electrons. The summed E-state index contributed by atoms with van der Waals surface area (Å²) < 4.78 is 34.6. The maximum atomic E-state index is 13.8. The van der Waals surface area contributed by atoms with Crippen LogP contribution in [0.3, 0.4) is 0 Å². The minimum Gasteiger partial charge on any atom is -0.473 e. The van der Waals surface area contributed by atoms with Crippen LogP contribution in [0.15, 0.2) is 48.5 Å². The van der Waals surface area contributed by atoms with Gasteiger partial charge in [-0.3, -0.25) is 0 Å². The lowest BCUT2D eigenvalue weighted by Gasteiger charge is -2.10. The number of hydrogen-bond donors (Lipinski definition) is 0. The van der Waals surface area contributed by atoms with Gasteiger partial charge in [0.05, 0.1) is 12.2 Å². The average molecular weight is 377 g/mol. The van der Waals surface area contributed by atoms with Gasteiger partial charge in [0.15, 0.2) is 0 Å². The third kappa shape index (κ3) is 4.61. The van der Waals surface area contributed by atoms with Gasteiger partial charge in [-0.25, -0.2) is 13.5 Å². The molecule has 3 aromatic rings. The van der Waals surface area contributed by atoms with Crippen LogP contribution in [0.25, 0.3) is 0 Å². The maximum absolute atomic E-state index is 13.8. The molecule has 0 amide bonds. The summed E-state index contributed by atoms with van der Waals surface area (Å²) in [4.78, 5) is 0. The van der Waals surface area contributed by atoms with Crippen molar-refractivity contribution in [3.8, 4) is 5.88 Å². The Morgan fingerprint density at radius 2 is 1.85 bits per heavy atom. The Balaban J connectivity index is 1.80. The van der Waals surface area contributed by atoms with Crippen molar-refractivity contribution in [3.05, 3.63) is 82.0 Å². The summed E-state index contributed by atoms with van der Waals surface area (Å²) in [5.41, 5.74) is 2.08. The Morgan fingerprint density at radius 1 is 1.08 bits per heavy atom. The SMILES string of the molecule is CCCc1cc(OCc2cc(F)ccc2F)n(Cc2ccc(Cl)cc2)n1. The number of halogens is 3. The highest BCUT2D eigenvalue weighted by Crippen LogP contribution is 2.20. The van der Waals surface area contributed by atoms with Crippen LogP contribution < -0.4 is 4.74 Å². The zero-order valence-electron chi connectivity index (χ0n) is 14.4. The molecule has 0 aliphatic carbocycles. The average Bonchev–Trinajstić information content (AvgIpc) is 2.99. The van der Waals surface area contributed by atoms with E-state index in [1.807, 2.05) is 30.3 Å². The van der Waals surface area contributed by atoms with E-state index in [9.17, 15) is 8.78 Å². The first-order valence-electron chi connectivity index (χ1n) is 8.43. The van der Waals surface area contributed by atoms with Gasteiger partial charge in [0.2, 0.25) is 5.88 Å². The van der Waals surface area contributed by atoms with Gasteiger partial charge >= 0.3 is 0 Å². The number of nitrogens with zero attached hydrogens (tertiary/aromatic N) is 2. The molecule has 0 saturated carbocycles. The van der Waals surface area contributed by atoms with Crippen LogP contribution in [-0.2, 0) is 19.6 Å². The quantitative estimate of drug-likeness (QED) is 0.552. The molecule has 0 fully saturated rings. The molecule has 0 spiro atoms. The van der Waals surface area contributed by atoms with E-state index in [4.69, 9.17) is 16.3 Å². The summed E-state index contributed by atoms with van der Waals surface area (Å²) in [6, 6.07) is 12.6. The van der Waals surface area contributed by atoms with Crippen LogP contribution in [0, 0.1) is 11.6 Å². The standard InChI is InChI=1S/C20H19ClF2N2O/c1-2-3-18-11-20(26-13-15-10-17(22)8-9-19(15)23)25(24-18)12-14-4-6-16(21)7-5-14/h4-11H,2-3,12-13H2,1H3. The molecule has 2 aromatic carbocycles. The zero-order valence-corrected chi connectivity index (χ0v) is 15.1. The molecule has 0 unspecified atom stereocenters. The molecular weight excluding hydrogens is 358 g/mol. The van der Waals surface area contributed by atoms with Crippen molar-refractivity contribution in [3.63, 3.8) is 0 Å². The van der Waals surface area contributed by atoms with E-state index in [0.29, 0.717) is 17.4 Å². The molecule has 0 N–H and O–H groups in total. The van der Waals surface area contributed by atoms with Gasteiger partial charge in [0.1, 0.15) is 18.2 Å². The molecule has 0 aliphatic heterocycles. The Hall–Kier alpha value is -2.40. The van der Waals surface area contributed by atoms with Crippen molar-refractivity contribution in [1.29, 1.82) is 0 Å². The smallest absolute Gasteiger partial charge is 0.212 e. The number of benzene rings is 2. The van der Waals surface area contributed by atoms with Crippen LogP contribution in [0.5, 0.6) is 5.88 Å². The molecule has 1 heterocycles. The number of rotatable bonds is 7. The molecule has 1 aromatic heterocycles. The first-order valence-corrected chi connectivity index (χ1v) is 8.81. The minimum absolute atomic E-state index is 0.0680. The highest BCUT2D eigenvalue weighted by molar-refractivity contribution is 6.30. The predicted octanol–water partition coefficient (Wildman–Crippen LogP) is 5.39. The molecule has 26 heavy (non-hydrogen) atoms. The minimum atomic E-state index is -0.496.